The van der Waals surface area contributed by atoms with Crippen LogP contribution in [0, 0.1) is 18.6 Å². The van der Waals surface area contributed by atoms with Gasteiger partial charge >= 0.3 is 0 Å². The molecule has 0 aliphatic rings. The molecule has 22 heavy (non-hydrogen) atoms. The minimum absolute atomic E-state index is 0.349. The van der Waals surface area contributed by atoms with Crippen molar-refractivity contribution in [3.8, 4) is 0 Å². The molecule has 2 aromatic carbocycles. The highest BCUT2D eigenvalue weighted by Crippen LogP contribution is 2.19. The molecule has 110 valence electrons. The maximum Gasteiger partial charge on any atom is 0.257 e. The third-order valence-corrected chi connectivity index (χ3v) is 3.31. The number of carbonyl (C=O) groups excluding carboxylic acids is 1. The van der Waals surface area contributed by atoms with Crippen molar-refractivity contribution in [1.29, 1.82) is 0 Å². The second-order valence-electron chi connectivity index (χ2n) is 4.92. The van der Waals surface area contributed by atoms with Crippen LogP contribution in [-0.2, 0) is 0 Å². The first-order valence-corrected chi connectivity index (χ1v) is 6.67. The average molecular weight is 298 g/mol. The van der Waals surface area contributed by atoms with Crippen LogP contribution in [0.5, 0.6) is 0 Å². The molecular formula is C17H12F2N2O. The van der Waals surface area contributed by atoms with Crippen LogP contribution in [0.15, 0.2) is 48.5 Å². The number of anilines is 1. The van der Waals surface area contributed by atoms with Gasteiger partial charge in [-0.1, -0.05) is 0 Å². The monoisotopic (exact) mass is 298 g/mol. The Morgan fingerprint density at radius 1 is 1.00 bits per heavy atom. The van der Waals surface area contributed by atoms with Gasteiger partial charge < -0.3 is 5.32 Å². The zero-order valence-electron chi connectivity index (χ0n) is 11.7. The fourth-order valence-corrected chi connectivity index (χ4v) is 2.21. The van der Waals surface area contributed by atoms with Crippen molar-refractivity contribution < 1.29 is 13.6 Å². The number of halogens is 2. The van der Waals surface area contributed by atoms with Gasteiger partial charge in [0.05, 0.1) is 16.8 Å². The highest BCUT2D eigenvalue weighted by Gasteiger charge is 2.12. The Kier molecular flexibility index (Phi) is 3.55. The Bertz CT molecular complexity index is 860. The lowest BCUT2D eigenvalue weighted by Crippen LogP contribution is -2.14. The van der Waals surface area contributed by atoms with E-state index in [1.165, 1.54) is 36.4 Å². The molecule has 5 heteroatoms. The van der Waals surface area contributed by atoms with E-state index in [9.17, 15) is 13.6 Å². The number of pyridine rings is 1. The largest absolute Gasteiger partial charge is 0.322 e. The number of rotatable bonds is 2. The number of fused-ring (bicyclic) bond motifs is 1. The topological polar surface area (TPSA) is 42.0 Å². The second kappa shape index (κ2) is 5.52. The number of hydrogen-bond donors (Lipinski definition) is 1. The van der Waals surface area contributed by atoms with Crippen LogP contribution >= 0.6 is 0 Å². The van der Waals surface area contributed by atoms with Gasteiger partial charge in [-0.15, -0.1) is 0 Å². The van der Waals surface area contributed by atoms with E-state index in [0.717, 1.165) is 0 Å². The molecule has 3 aromatic rings. The number of aryl methyl sites for hydroxylation is 1. The summed E-state index contributed by atoms with van der Waals surface area (Å²) < 4.78 is 26.2. The summed E-state index contributed by atoms with van der Waals surface area (Å²) in [6.07, 6.45) is 0. The van der Waals surface area contributed by atoms with E-state index in [-0.39, 0.29) is 17.5 Å². The number of hydrogen-bond acceptors (Lipinski definition) is 2. The third kappa shape index (κ3) is 2.79. The van der Waals surface area contributed by atoms with Crippen molar-refractivity contribution in [2.24, 2.45) is 0 Å². The second-order valence-corrected chi connectivity index (χ2v) is 4.92. The molecule has 0 radical (unpaired) electrons. The minimum atomic E-state index is -0.386. The molecular weight excluding hydrogens is 286 g/mol. The highest BCUT2D eigenvalue weighted by atomic mass is 19.1. The normalized spacial score (nSPS) is 10.7. The number of aromatic nitrogens is 1. The zero-order valence-corrected chi connectivity index (χ0v) is 11.7. The average Bonchev–Trinajstić information content (AvgIpc) is 2.49. The molecule has 3 rings (SSSR count). The predicted octanol–water partition coefficient (Wildman–Crippen LogP) is 4.07. The van der Waals surface area contributed by atoms with Crippen molar-refractivity contribution in [2.75, 3.05) is 5.32 Å². The van der Waals surface area contributed by atoms with Gasteiger partial charge in [-0.2, -0.15) is 0 Å². The van der Waals surface area contributed by atoms with Crippen molar-refractivity contribution in [1.82, 2.24) is 4.98 Å². The molecule has 0 spiro atoms. The molecule has 0 saturated heterocycles. The lowest BCUT2D eigenvalue weighted by atomic mass is 10.1. The van der Waals surface area contributed by atoms with E-state index in [0.29, 0.717) is 27.8 Å². The van der Waals surface area contributed by atoms with Gasteiger partial charge in [0.2, 0.25) is 0 Å². The molecule has 1 amide bonds. The molecule has 0 bridgehead atoms. The fraction of sp³-hybridized carbons (Fsp3) is 0.0588. The molecule has 1 aromatic heterocycles. The van der Waals surface area contributed by atoms with Gasteiger partial charge in [-0.3, -0.25) is 9.78 Å². The fourth-order valence-electron chi connectivity index (χ4n) is 2.21. The Labute approximate surface area is 125 Å². The van der Waals surface area contributed by atoms with E-state index in [4.69, 9.17) is 0 Å². The lowest BCUT2D eigenvalue weighted by molar-refractivity contribution is 0.102. The summed E-state index contributed by atoms with van der Waals surface area (Å²) in [4.78, 5) is 16.6. The number of nitrogens with zero attached hydrogens (tertiary/aromatic N) is 1. The first kappa shape index (κ1) is 14.1. The Morgan fingerprint density at radius 2 is 1.68 bits per heavy atom. The van der Waals surface area contributed by atoms with E-state index >= 15 is 0 Å². The van der Waals surface area contributed by atoms with Gasteiger partial charge in [0.15, 0.2) is 0 Å². The van der Waals surface area contributed by atoms with E-state index in [2.05, 4.69) is 10.3 Å². The Balaban J connectivity index is 1.96. The Hall–Kier alpha value is -2.82. The zero-order chi connectivity index (χ0) is 15.7. The van der Waals surface area contributed by atoms with E-state index in [1.807, 2.05) is 0 Å². The van der Waals surface area contributed by atoms with Crippen molar-refractivity contribution in [3.05, 3.63) is 71.4 Å². The number of amides is 1. The van der Waals surface area contributed by atoms with Crippen LogP contribution in [0.3, 0.4) is 0 Å². The first-order chi connectivity index (χ1) is 10.5. The minimum Gasteiger partial charge on any atom is -0.322 e. The van der Waals surface area contributed by atoms with Crippen LogP contribution < -0.4 is 5.32 Å². The van der Waals surface area contributed by atoms with E-state index < -0.39 is 0 Å². The number of carbonyl (C=O) groups is 1. The molecule has 1 N–H and O–H groups in total. The van der Waals surface area contributed by atoms with Crippen molar-refractivity contribution >= 4 is 22.5 Å². The molecule has 0 atom stereocenters. The maximum absolute atomic E-state index is 13.3. The maximum atomic E-state index is 13.3. The first-order valence-electron chi connectivity index (χ1n) is 6.67. The van der Waals surface area contributed by atoms with Crippen LogP contribution in [0.1, 0.15) is 16.1 Å². The van der Waals surface area contributed by atoms with Gasteiger partial charge in [0.25, 0.3) is 5.91 Å². The molecule has 1 heterocycles. The summed E-state index contributed by atoms with van der Waals surface area (Å²) in [5, 5.41) is 3.22. The quantitative estimate of drug-likeness (QED) is 0.774. The van der Waals surface area contributed by atoms with Crippen LogP contribution in [-0.4, -0.2) is 10.9 Å². The third-order valence-electron chi connectivity index (χ3n) is 3.31. The van der Waals surface area contributed by atoms with Crippen molar-refractivity contribution in [3.63, 3.8) is 0 Å². The number of benzene rings is 2. The summed E-state index contributed by atoms with van der Waals surface area (Å²) in [6.45, 7) is 1.71. The number of nitrogens with one attached hydrogen (secondary N) is 1. The smallest absolute Gasteiger partial charge is 0.257 e. The summed E-state index contributed by atoms with van der Waals surface area (Å²) in [6, 6.07) is 11.3. The van der Waals surface area contributed by atoms with Gasteiger partial charge in [-0.25, -0.2) is 8.78 Å². The lowest BCUT2D eigenvalue weighted by Gasteiger charge is -2.09. The summed E-state index contributed by atoms with van der Waals surface area (Å²) in [7, 11) is 0. The van der Waals surface area contributed by atoms with Crippen molar-refractivity contribution in [2.45, 2.75) is 6.92 Å². The molecule has 0 aliphatic carbocycles. The SMILES string of the molecule is Cc1nc2ccc(F)cc2cc1C(=O)Nc1ccc(F)cc1. The predicted molar refractivity (Wildman–Crippen MR) is 80.8 cm³/mol. The Morgan fingerprint density at radius 3 is 2.41 bits per heavy atom. The molecule has 0 aliphatic heterocycles. The van der Waals surface area contributed by atoms with Gasteiger partial charge in [0, 0.05) is 11.1 Å². The molecule has 0 saturated carbocycles. The molecule has 0 unspecified atom stereocenters. The van der Waals surface area contributed by atoms with E-state index in [1.54, 1.807) is 19.1 Å². The van der Waals surface area contributed by atoms with Gasteiger partial charge in [0.1, 0.15) is 11.6 Å². The highest BCUT2D eigenvalue weighted by molar-refractivity contribution is 6.06. The summed E-state index contributed by atoms with van der Waals surface area (Å²) >= 11 is 0. The van der Waals surface area contributed by atoms with Crippen LogP contribution in [0.2, 0.25) is 0 Å². The summed E-state index contributed by atoms with van der Waals surface area (Å²) in [5.74, 6) is -1.14. The van der Waals surface area contributed by atoms with Crippen LogP contribution in [0.4, 0.5) is 14.5 Å². The molecule has 3 nitrogen and oxygen atoms in total. The standard InChI is InChI=1S/C17H12F2N2O/c1-10-15(9-11-8-13(19)4-7-16(11)20-10)17(22)21-14-5-2-12(18)3-6-14/h2-9H,1H3,(H,21,22). The molecule has 0 fully saturated rings. The summed E-state index contributed by atoms with van der Waals surface area (Å²) in [5.41, 5.74) is 1.99. The van der Waals surface area contributed by atoms with Crippen LogP contribution in [0.25, 0.3) is 10.9 Å². The van der Waals surface area contributed by atoms with Gasteiger partial charge in [-0.05, 0) is 55.5 Å².